The molecule has 0 saturated carbocycles. The van der Waals surface area contributed by atoms with Crippen molar-refractivity contribution < 1.29 is 4.79 Å². The number of rotatable bonds is 4. The topological polar surface area (TPSA) is 53.2 Å². The minimum atomic E-state index is -0.182. The van der Waals surface area contributed by atoms with Crippen LogP contribution in [0.4, 0.5) is 5.69 Å². The molecule has 0 saturated heterocycles. The molecular formula is C28H28N2O2. The molecule has 1 N–H and O–H groups in total. The number of pyridine rings is 1. The third-order valence-electron chi connectivity index (χ3n) is 5.72. The normalized spacial score (nSPS) is 11.5. The van der Waals surface area contributed by atoms with E-state index in [9.17, 15) is 9.59 Å². The van der Waals surface area contributed by atoms with E-state index < -0.39 is 0 Å². The Morgan fingerprint density at radius 3 is 2.25 bits per heavy atom. The van der Waals surface area contributed by atoms with Gasteiger partial charge in [0.2, 0.25) is 0 Å². The van der Waals surface area contributed by atoms with Crippen molar-refractivity contribution >= 4 is 22.5 Å². The molecule has 0 fully saturated rings. The largest absolute Gasteiger partial charge is 0.322 e. The summed E-state index contributed by atoms with van der Waals surface area (Å²) in [4.78, 5) is 31.0. The number of hydrogen-bond acceptors (Lipinski definition) is 2. The van der Waals surface area contributed by atoms with Gasteiger partial charge in [0.25, 0.3) is 11.5 Å². The van der Waals surface area contributed by atoms with Crippen LogP contribution in [0.3, 0.4) is 0 Å². The van der Waals surface area contributed by atoms with Crippen LogP contribution >= 0.6 is 0 Å². The summed E-state index contributed by atoms with van der Waals surface area (Å²) in [5, 5.41) is 0.953. The molecule has 0 aliphatic carbocycles. The van der Waals surface area contributed by atoms with E-state index in [1.54, 1.807) is 4.90 Å². The fraction of sp³-hybridized carbons (Fsp3) is 0.214. The highest BCUT2D eigenvalue weighted by molar-refractivity contribution is 6.06. The number of H-pyrrole nitrogens is 1. The van der Waals surface area contributed by atoms with Gasteiger partial charge >= 0.3 is 0 Å². The molecule has 0 aliphatic rings. The molecule has 1 heterocycles. The molecule has 0 radical (unpaired) electrons. The van der Waals surface area contributed by atoms with Gasteiger partial charge in [-0.2, -0.15) is 0 Å². The minimum absolute atomic E-state index is 0.0111. The number of nitrogens with zero attached hydrogens (tertiary/aromatic N) is 1. The van der Waals surface area contributed by atoms with Gasteiger partial charge < -0.3 is 9.88 Å². The van der Waals surface area contributed by atoms with Gasteiger partial charge in [0, 0.05) is 22.3 Å². The number of fused-ring (bicyclic) bond motifs is 1. The van der Waals surface area contributed by atoms with Crippen LogP contribution in [0.25, 0.3) is 10.9 Å². The van der Waals surface area contributed by atoms with Crippen molar-refractivity contribution in [2.75, 3.05) is 4.90 Å². The van der Waals surface area contributed by atoms with E-state index in [1.807, 2.05) is 85.8 Å². The first-order valence-corrected chi connectivity index (χ1v) is 10.8. The van der Waals surface area contributed by atoms with Crippen molar-refractivity contribution in [1.82, 2.24) is 4.98 Å². The zero-order chi connectivity index (χ0) is 22.9. The summed E-state index contributed by atoms with van der Waals surface area (Å²) in [6.45, 7) is 8.64. The summed E-state index contributed by atoms with van der Waals surface area (Å²) >= 11 is 0. The number of anilines is 1. The zero-order valence-electron chi connectivity index (χ0n) is 19.0. The number of carbonyl (C=O) groups is 1. The van der Waals surface area contributed by atoms with Gasteiger partial charge in [-0.15, -0.1) is 0 Å². The second-order valence-electron chi connectivity index (χ2n) is 9.27. The summed E-state index contributed by atoms with van der Waals surface area (Å²) in [6.07, 6.45) is 0. The van der Waals surface area contributed by atoms with Crippen LogP contribution < -0.4 is 10.5 Å². The Morgan fingerprint density at radius 2 is 1.59 bits per heavy atom. The van der Waals surface area contributed by atoms with Crippen LogP contribution in [0, 0.1) is 6.92 Å². The van der Waals surface area contributed by atoms with Crippen LogP contribution in [-0.4, -0.2) is 10.9 Å². The van der Waals surface area contributed by atoms with Crippen molar-refractivity contribution in [3.63, 3.8) is 0 Å². The monoisotopic (exact) mass is 424 g/mol. The molecule has 4 heteroatoms. The summed E-state index contributed by atoms with van der Waals surface area (Å²) in [7, 11) is 0. The number of aromatic amines is 1. The van der Waals surface area contributed by atoms with E-state index in [-0.39, 0.29) is 23.4 Å². The molecule has 4 rings (SSSR count). The highest BCUT2D eigenvalue weighted by Gasteiger charge is 2.21. The first-order chi connectivity index (χ1) is 15.2. The highest BCUT2D eigenvalue weighted by Crippen LogP contribution is 2.24. The van der Waals surface area contributed by atoms with Gasteiger partial charge in [0.15, 0.2) is 0 Å². The molecular weight excluding hydrogens is 396 g/mol. The number of amides is 1. The van der Waals surface area contributed by atoms with Crippen LogP contribution in [0.1, 0.15) is 47.8 Å². The average Bonchev–Trinajstić information content (AvgIpc) is 2.77. The maximum absolute atomic E-state index is 13.6. The summed E-state index contributed by atoms with van der Waals surface area (Å²) < 4.78 is 0. The number of hydrogen-bond donors (Lipinski definition) is 1. The molecule has 0 aliphatic heterocycles. The Kier molecular flexibility index (Phi) is 5.70. The second kappa shape index (κ2) is 8.46. The molecule has 0 spiro atoms. The first kappa shape index (κ1) is 21.6. The van der Waals surface area contributed by atoms with Gasteiger partial charge in [-0.1, -0.05) is 62.7 Å². The lowest BCUT2D eigenvalue weighted by Crippen LogP contribution is -2.33. The van der Waals surface area contributed by atoms with E-state index in [4.69, 9.17) is 0 Å². The van der Waals surface area contributed by atoms with Gasteiger partial charge in [-0.25, -0.2) is 0 Å². The lowest BCUT2D eigenvalue weighted by molar-refractivity contribution is 0.0985. The van der Waals surface area contributed by atoms with E-state index in [2.05, 4.69) is 25.8 Å². The molecule has 0 bridgehead atoms. The predicted octanol–water partition coefficient (Wildman–Crippen LogP) is 5.98. The molecule has 0 atom stereocenters. The standard InChI is InChI=1S/C28H28N2O2/c1-19-10-15-25-21(16-19)17-22(26(31)29-25)18-30(24-8-6-5-7-9-24)27(32)20-11-13-23(14-12-20)28(2,3)4/h5-17H,18H2,1-4H3,(H,29,31). The minimum Gasteiger partial charge on any atom is -0.322 e. The molecule has 1 amide bonds. The molecule has 4 nitrogen and oxygen atoms in total. The fourth-order valence-electron chi connectivity index (χ4n) is 3.82. The fourth-order valence-corrected chi connectivity index (χ4v) is 3.82. The van der Waals surface area contributed by atoms with Crippen molar-refractivity contribution in [1.29, 1.82) is 0 Å². The van der Waals surface area contributed by atoms with Crippen molar-refractivity contribution in [3.05, 3.63) is 111 Å². The Bertz CT molecular complexity index is 1310. The van der Waals surface area contributed by atoms with E-state index >= 15 is 0 Å². The van der Waals surface area contributed by atoms with Crippen LogP contribution in [0.5, 0.6) is 0 Å². The SMILES string of the molecule is Cc1ccc2[nH]c(=O)c(CN(C(=O)c3ccc(C(C)(C)C)cc3)c3ccccc3)cc2c1. The lowest BCUT2D eigenvalue weighted by atomic mass is 9.86. The van der Waals surface area contributed by atoms with Crippen molar-refractivity contribution in [2.24, 2.45) is 0 Å². The van der Waals surface area contributed by atoms with Gasteiger partial charge in [-0.05, 0) is 65.8 Å². The molecule has 0 unspecified atom stereocenters. The molecule has 4 aromatic rings. The Labute approximate surface area is 188 Å². The zero-order valence-corrected chi connectivity index (χ0v) is 19.0. The molecule has 162 valence electrons. The van der Waals surface area contributed by atoms with Crippen LogP contribution in [0.2, 0.25) is 0 Å². The summed E-state index contributed by atoms with van der Waals surface area (Å²) in [5.74, 6) is -0.139. The number of para-hydroxylation sites is 1. The number of aromatic nitrogens is 1. The quantitative estimate of drug-likeness (QED) is 0.438. The van der Waals surface area contributed by atoms with Gasteiger partial charge in [0.1, 0.15) is 0 Å². The van der Waals surface area contributed by atoms with E-state index in [0.29, 0.717) is 11.1 Å². The Morgan fingerprint density at radius 1 is 0.906 bits per heavy atom. The van der Waals surface area contributed by atoms with E-state index in [0.717, 1.165) is 22.2 Å². The van der Waals surface area contributed by atoms with Crippen LogP contribution in [-0.2, 0) is 12.0 Å². The summed E-state index contributed by atoms with van der Waals surface area (Å²) in [6, 6.07) is 25.0. The maximum atomic E-state index is 13.6. The molecule has 32 heavy (non-hydrogen) atoms. The number of nitrogens with one attached hydrogen (secondary N) is 1. The third-order valence-corrected chi connectivity index (χ3v) is 5.72. The molecule has 1 aromatic heterocycles. The van der Waals surface area contributed by atoms with E-state index in [1.165, 1.54) is 5.56 Å². The second-order valence-corrected chi connectivity index (χ2v) is 9.27. The highest BCUT2D eigenvalue weighted by atomic mass is 16.2. The smallest absolute Gasteiger partial charge is 0.258 e. The first-order valence-electron chi connectivity index (χ1n) is 10.8. The number of carbonyl (C=O) groups excluding carboxylic acids is 1. The summed E-state index contributed by atoms with van der Waals surface area (Å²) in [5.41, 5.74) is 4.80. The van der Waals surface area contributed by atoms with Gasteiger partial charge in [0.05, 0.1) is 6.54 Å². The molecule has 3 aromatic carbocycles. The Balaban J connectivity index is 1.74. The average molecular weight is 425 g/mol. The van der Waals surface area contributed by atoms with Gasteiger partial charge in [-0.3, -0.25) is 9.59 Å². The number of benzene rings is 3. The number of aryl methyl sites for hydroxylation is 1. The van der Waals surface area contributed by atoms with Crippen molar-refractivity contribution in [3.8, 4) is 0 Å². The van der Waals surface area contributed by atoms with Crippen molar-refractivity contribution in [2.45, 2.75) is 39.7 Å². The third kappa shape index (κ3) is 4.50. The maximum Gasteiger partial charge on any atom is 0.258 e. The van der Waals surface area contributed by atoms with Crippen LogP contribution in [0.15, 0.2) is 83.7 Å². The lowest BCUT2D eigenvalue weighted by Gasteiger charge is -2.24. The predicted molar refractivity (Wildman–Crippen MR) is 131 cm³/mol. The Hall–Kier alpha value is -3.66.